The van der Waals surface area contributed by atoms with E-state index in [1.54, 1.807) is 13.1 Å². The van der Waals surface area contributed by atoms with Crippen LogP contribution >= 0.6 is 0 Å². The molecule has 0 saturated carbocycles. The molecule has 10 nitrogen and oxygen atoms in total. The van der Waals surface area contributed by atoms with Gasteiger partial charge in [0.05, 0.1) is 31.6 Å². The predicted octanol–water partition coefficient (Wildman–Crippen LogP) is 0.692. The number of fused-ring (bicyclic) bond motifs is 3. The minimum Gasteiger partial charge on any atom is -0.491 e. The van der Waals surface area contributed by atoms with Crippen LogP contribution in [-0.4, -0.2) is 82.4 Å². The molecule has 0 radical (unpaired) electrons. The van der Waals surface area contributed by atoms with Crippen LogP contribution in [0.25, 0.3) is 17.0 Å². The van der Waals surface area contributed by atoms with E-state index in [1.807, 2.05) is 20.0 Å². The second-order valence-electron chi connectivity index (χ2n) is 11.6. The van der Waals surface area contributed by atoms with Crippen molar-refractivity contribution in [2.75, 3.05) is 33.4 Å². The number of hydrogen-bond acceptors (Lipinski definition) is 5. The average molecular weight is 551 g/mol. The first-order valence-electron chi connectivity index (χ1n) is 14.3. The van der Waals surface area contributed by atoms with Crippen molar-refractivity contribution in [1.82, 2.24) is 14.5 Å². The summed E-state index contributed by atoms with van der Waals surface area (Å²) >= 11 is 0. The fraction of sp³-hybridized carbons (Fsp3) is 0.533. The number of quaternary nitrogens is 1. The van der Waals surface area contributed by atoms with Gasteiger partial charge in [0.25, 0.3) is 0 Å². The van der Waals surface area contributed by atoms with Gasteiger partial charge in [-0.2, -0.15) is 0 Å². The molecule has 40 heavy (non-hydrogen) atoms. The third-order valence-corrected chi connectivity index (χ3v) is 7.68. The lowest BCUT2D eigenvalue weighted by Gasteiger charge is -2.42. The summed E-state index contributed by atoms with van der Waals surface area (Å²) in [5.74, 6) is 2.89. The molecule has 0 amide bonds. The number of aromatic nitrogens is 2. The molecule has 1 saturated heterocycles. The number of benzene rings is 1. The predicted molar refractivity (Wildman–Crippen MR) is 160 cm³/mol. The Labute approximate surface area is 237 Å². The van der Waals surface area contributed by atoms with Crippen molar-refractivity contribution in [2.45, 2.75) is 65.6 Å². The number of aliphatic hydroxyl groups excluding tert-OH is 1. The number of piperidine rings is 1. The van der Waals surface area contributed by atoms with Gasteiger partial charge in [-0.3, -0.25) is 15.3 Å². The Kier molecular flexibility index (Phi) is 9.22. The highest BCUT2D eigenvalue weighted by Crippen LogP contribution is 2.36. The van der Waals surface area contributed by atoms with E-state index in [0.717, 1.165) is 54.2 Å². The smallest absolute Gasteiger partial charge is 0.177 e. The van der Waals surface area contributed by atoms with Gasteiger partial charge < -0.3 is 25.5 Å². The first-order chi connectivity index (χ1) is 19.1. The number of imidazole rings is 1. The van der Waals surface area contributed by atoms with Crippen molar-refractivity contribution < 1.29 is 20.6 Å². The molecule has 2 aromatic rings. The van der Waals surface area contributed by atoms with Gasteiger partial charge in [-0.15, -0.1) is 0 Å². The van der Waals surface area contributed by atoms with Crippen LogP contribution in [0.15, 0.2) is 40.1 Å². The van der Waals surface area contributed by atoms with E-state index < -0.39 is 0 Å². The summed E-state index contributed by atoms with van der Waals surface area (Å²) in [6.45, 7) is 13.1. The molecule has 0 aliphatic carbocycles. The Morgan fingerprint density at radius 3 is 2.77 bits per heavy atom. The molecule has 2 aliphatic rings. The van der Waals surface area contributed by atoms with Crippen LogP contribution in [0.5, 0.6) is 5.75 Å². The van der Waals surface area contributed by atoms with Gasteiger partial charge in [-0.25, -0.2) is 9.98 Å². The zero-order valence-corrected chi connectivity index (χ0v) is 24.8. The third-order valence-electron chi connectivity index (χ3n) is 7.68. The quantitative estimate of drug-likeness (QED) is 0.283. The minimum atomic E-state index is -0.253. The van der Waals surface area contributed by atoms with Crippen LogP contribution in [0.4, 0.5) is 0 Å². The molecule has 1 fully saturated rings. The molecule has 2 aliphatic heterocycles. The molecular weight excluding hydrogens is 504 g/mol. The number of likely N-dealkylation sites (tertiary alicyclic amines) is 1. The van der Waals surface area contributed by atoms with Crippen molar-refractivity contribution in [3.05, 3.63) is 41.4 Å². The molecule has 1 aromatic heterocycles. The molecule has 1 atom stereocenters. The van der Waals surface area contributed by atoms with Gasteiger partial charge in [-0.05, 0) is 71.7 Å². The Hall–Kier alpha value is -3.34. The topological polar surface area (TPSA) is 143 Å². The number of rotatable bonds is 8. The van der Waals surface area contributed by atoms with Gasteiger partial charge >= 0.3 is 0 Å². The molecule has 0 spiro atoms. The van der Waals surface area contributed by atoms with E-state index in [0.29, 0.717) is 36.4 Å². The molecule has 216 valence electrons. The summed E-state index contributed by atoms with van der Waals surface area (Å²) in [5.41, 5.74) is 10.5. The van der Waals surface area contributed by atoms with E-state index in [9.17, 15) is 5.11 Å². The van der Waals surface area contributed by atoms with Gasteiger partial charge in [0.15, 0.2) is 12.1 Å². The maximum Gasteiger partial charge on any atom is 0.177 e. The number of aliphatic imine (C=N–C) groups is 2. The lowest BCUT2D eigenvalue weighted by molar-refractivity contribution is -0.582. The maximum atomic E-state index is 9.95. The van der Waals surface area contributed by atoms with Gasteiger partial charge in [-0.1, -0.05) is 6.07 Å². The fourth-order valence-corrected chi connectivity index (χ4v) is 5.57. The van der Waals surface area contributed by atoms with E-state index in [2.05, 4.69) is 63.9 Å². The van der Waals surface area contributed by atoms with Crippen LogP contribution in [0.3, 0.4) is 0 Å². The van der Waals surface area contributed by atoms with E-state index >= 15 is 0 Å². The molecule has 1 aromatic carbocycles. The maximum absolute atomic E-state index is 9.95. The largest absolute Gasteiger partial charge is 0.491 e. The molecule has 10 heteroatoms. The van der Waals surface area contributed by atoms with Gasteiger partial charge in [0.2, 0.25) is 0 Å². The zero-order valence-electron chi connectivity index (χ0n) is 24.8. The number of nitrogens with zero attached hydrogens (tertiary/aromatic N) is 5. The van der Waals surface area contributed by atoms with Crippen molar-refractivity contribution >= 4 is 23.5 Å². The normalized spacial score (nSPS) is 19.4. The summed E-state index contributed by atoms with van der Waals surface area (Å²) in [6.07, 6.45) is 5.85. The first-order valence-corrected chi connectivity index (χ1v) is 14.3. The minimum absolute atomic E-state index is 0.0611. The highest BCUT2D eigenvalue weighted by Gasteiger charge is 2.35. The van der Waals surface area contributed by atoms with Crippen molar-refractivity contribution in [3.8, 4) is 17.1 Å². The highest BCUT2D eigenvalue weighted by atomic mass is 16.5. The number of ether oxygens (including phenoxy) is 1. The number of allylic oxidation sites excluding steroid dienone is 1. The van der Waals surface area contributed by atoms with E-state index in [1.165, 1.54) is 5.70 Å². The summed E-state index contributed by atoms with van der Waals surface area (Å²) < 4.78 is 8.32. The Morgan fingerprint density at radius 1 is 1.35 bits per heavy atom. The molecule has 7 N–H and O–H groups in total. The van der Waals surface area contributed by atoms with Crippen LogP contribution in [0, 0.1) is 5.92 Å². The Morgan fingerprint density at radius 2 is 2.12 bits per heavy atom. The SMILES string of the molecule is C[NH2+]/C(=C(\C=[NH2+])c1ccc2c(c1)OCCn1cc(C(N=C(C)N)=NC(C)C)nc1-2)C1CCCN(C(C)(C)CO)C1. The molecule has 1 unspecified atom stereocenters. The third kappa shape index (κ3) is 6.35. The van der Waals surface area contributed by atoms with Crippen LogP contribution in [0.1, 0.15) is 58.7 Å². The van der Waals surface area contributed by atoms with Crippen LogP contribution in [-0.2, 0) is 6.54 Å². The Bertz CT molecular complexity index is 1320. The van der Waals surface area contributed by atoms with Crippen molar-refractivity contribution in [1.29, 1.82) is 0 Å². The average Bonchev–Trinajstić information content (AvgIpc) is 3.27. The first kappa shape index (κ1) is 29.6. The summed E-state index contributed by atoms with van der Waals surface area (Å²) in [6, 6.07) is 6.29. The van der Waals surface area contributed by atoms with E-state index in [-0.39, 0.29) is 18.2 Å². The van der Waals surface area contributed by atoms with E-state index in [4.69, 9.17) is 20.9 Å². The second-order valence-corrected chi connectivity index (χ2v) is 11.6. The highest BCUT2D eigenvalue weighted by molar-refractivity contribution is 6.08. The number of nitrogens with two attached hydrogens (primary N) is 3. The summed E-state index contributed by atoms with van der Waals surface area (Å²) in [4.78, 5) is 16.4. The molecule has 0 bridgehead atoms. The lowest BCUT2D eigenvalue weighted by atomic mass is 9.87. The lowest BCUT2D eigenvalue weighted by Crippen LogP contribution is -2.80. The fourth-order valence-electron chi connectivity index (χ4n) is 5.57. The monoisotopic (exact) mass is 550 g/mol. The van der Waals surface area contributed by atoms with Gasteiger partial charge in [0.1, 0.15) is 35.1 Å². The molecular formula is C30H46N8O2+2. The van der Waals surface area contributed by atoms with Crippen LogP contribution < -0.4 is 21.2 Å². The van der Waals surface area contributed by atoms with Crippen molar-refractivity contribution in [3.63, 3.8) is 0 Å². The molecule has 4 rings (SSSR count). The summed E-state index contributed by atoms with van der Waals surface area (Å²) in [7, 11) is 2.08. The van der Waals surface area contributed by atoms with Gasteiger partial charge in [0, 0.05) is 30.2 Å². The standard InChI is InChI=1S/C30H44N8O2/c1-19(2)34-28(35-20(3)32)25-17-37-12-13-40-26-14-21(9-10-23(26)29(37)36-25)24(15-31)27(33-6)22-8-7-11-38(16-22)30(4,5)18-39/h9-10,14-15,17,19,22,31,33,39H,7-8,11-13,16,18H2,1-6H3,(H2,32,34,35)/p+2/b27-24+,31-15?. The number of aliphatic hydroxyl groups is 1. The zero-order chi connectivity index (χ0) is 29.0. The summed E-state index contributed by atoms with van der Waals surface area (Å²) in [5, 5.41) is 18.4. The van der Waals surface area contributed by atoms with Crippen molar-refractivity contribution in [2.24, 2.45) is 21.6 Å². The molecule has 3 heterocycles. The van der Waals surface area contributed by atoms with Crippen LogP contribution in [0.2, 0.25) is 0 Å². The number of hydrogen-bond donors (Lipinski definition) is 4. The Balaban J connectivity index is 1.72. The number of amidine groups is 2. The second kappa shape index (κ2) is 12.4.